The van der Waals surface area contributed by atoms with Crippen molar-refractivity contribution >= 4 is 5.91 Å². The predicted octanol–water partition coefficient (Wildman–Crippen LogP) is 5.82. The molecular formula is C32H37F6N3O2. The van der Waals surface area contributed by atoms with E-state index in [1.165, 1.54) is 4.90 Å². The summed E-state index contributed by atoms with van der Waals surface area (Å²) in [4.78, 5) is 19.3. The summed E-state index contributed by atoms with van der Waals surface area (Å²) in [5.74, 6) is 5.57. The van der Waals surface area contributed by atoms with Crippen molar-refractivity contribution < 1.29 is 35.9 Å². The van der Waals surface area contributed by atoms with Crippen LogP contribution in [0.15, 0.2) is 36.4 Å². The number of piperazine rings is 1. The van der Waals surface area contributed by atoms with Crippen LogP contribution < -0.4 is 0 Å². The fourth-order valence-electron chi connectivity index (χ4n) is 5.45. The zero-order valence-corrected chi connectivity index (χ0v) is 24.8. The number of carbonyl (C=O) groups is 1. The van der Waals surface area contributed by atoms with Crippen molar-refractivity contribution in [3.8, 4) is 11.8 Å². The Morgan fingerprint density at radius 1 is 0.907 bits per heavy atom. The zero-order chi connectivity index (χ0) is 31.6. The molecule has 43 heavy (non-hydrogen) atoms. The summed E-state index contributed by atoms with van der Waals surface area (Å²) in [5, 5.41) is 0. The molecule has 1 atom stereocenters. The molecule has 0 saturated carbocycles. The quantitative estimate of drug-likeness (QED) is 0.316. The number of halogens is 6. The highest BCUT2D eigenvalue weighted by molar-refractivity contribution is 5.95. The van der Waals surface area contributed by atoms with Crippen molar-refractivity contribution in [2.75, 3.05) is 52.5 Å². The summed E-state index contributed by atoms with van der Waals surface area (Å²) in [6.45, 7) is 12.1. The molecule has 0 aliphatic carbocycles. The Hall–Kier alpha value is -3.07. The minimum atomic E-state index is -5.04. The number of alkyl halides is 6. The number of ether oxygens (including phenoxy) is 1. The molecule has 4 rings (SSSR count). The highest BCUT2D eigenvalue weighted by Gasteiger charge is 2.39. The summed E-state index contributed by atoms with van der Waals surface area (Å²) < 4.78 is 86.6. The third kappa shape index (κ3) is 8.31. The minimum Gasteiger partial charge on any atom is -0.378 e. The number of hydrogen-bond donors (Lipinski definition) is 0. The van der Waals surface area contributed by atoms with Crippen LogP contribution >= 0.6 is 0 Å². The predicted molar refractivity (Wildman–Crippen MR) is 152 cm³/mol. The molecule has 2 saturated heterocycles. The topological polar surface area (TPSA) is 36.0 Å². The molecule has 234 valence electrons. The monoisotopic (exact) mass is 609 g/mol. The number of hydrogen-bond acceptors (Lipinski definition) is 4. The van der Waals surface area contributed by atoms with Gasteiger partial charge in [0.05, 0.1) is 37.4 Å². The van der Waals surface area contributed by atoms with Gasteiger partial charge < -0.3 is 9.64 Å². The summed E-state index contributed by atoms with van der Waals surface area (Å²) in [6, 6.07) is 6.46. The Bertz CT molecular complexity index is 1340. The number of amides is 1. The molecule has 0 radical (unpaired) electrons. The first-order valence-electron chi connectivity index (χ1n) is 14.2. The van der Waals surface area contributed by atoms with E-state index in [9.17, 15) is 31.1 Å². The fraction of sp³-hybridized carbons (Fsp3) is 0.531. The molecule has 0 N–H and O–H groups in total. The van der Waals surface area contributed by atoms with Crippen molar-refractivity contribution in [3.63, 3.8) is 0 Å². The number of rotatable bonds is 5. The Morgan fingerprint density at radius 2 is 1.56 bits per heavy atom. The summed E-state index contributed by atoms with van der Waals surface area (Å²) in [5.41, 5.74) is -0.701. The van der Waals surface area contributed by atoms with Gasteiger partial charge in [-0.15, -0.1) is 0 Å². The SMILES string of the molecule is Cc1ccc(C[C@@H]2CN(CC#CCN3CCOCC3(C)C)CCN2C(=O)c2cc(C(F)(F)F)cc(C(F)(F)F)c2)cc1C. The first-order valence-corrected chi connectivity index (χ1v) is 14.2. The third-order valence-corrected chi connectivity index (χ3v) is 8.22. The number of nitrogens with zero attached hydrogens (tertiary/aromatic N) is 3. The van der Waals surface area contributed by atoms with Crippen molar-refractivity contribution in [2.45, 2.75) is 58.0 Å². The molecule has 2 aromatic rings. The Kier molecular flexibility index (Phi) is 9.84. The molecule has 2 fully saturated rings. The Labute approximate surface area is 248 Å². The van der Waals surface area contributed by atoms with Gasteiger partial charge in [0.1, 0.15) is 0 Å². The van der Waals surface area contributed by atoms with Gasteiger partial charge in [-0.05, 0) is 69.0 Å². The van der Waals surface area contributed by atoms with Crippen LogP contribution in [-0.2, 0) is 23.5 Å². The lowest BCUT2D eigenvalue weighted by molar-refractivity contribution is -0.143. The van der Waals surface area contributed by atoms with Gasteiger partial charge >= 0.3 is 12.4 Å². The van der Waals surface area contributed by atoms with Gasteiger partial charge in [0.25, 0.3) is 5.91 Å². The molecule has 0 spiro atoms. The van der Waals surface area contributed by atoms with Crippen LogP contribution in [0.25, 0.3) is 0 Å². The maximum atomic E-state index is 13.6. The second kappa shape index (κ2) is 12.9. The lowest BCUT2D eigenvalue weighted by atomic mass is 9.97. The molecule has 2 aromatic carbocycles. The van der Waals surface area contributed by atoms with Crippen LogP contribution in [0.4, 0.5) is 26.3 Å². The zero-order valence-electron chi connectivity index (χ0n) is 24.8. The second-order valence-corrected chi connectivity index (χ2v) is 11.9. The van der Waals surface area contributed by atoms with Crippen molar-refractivity contribution in [2.24, 2.45) is 0 Å². The molecule has 0 unspecified atom stereocenters. The molecule has 5 nitrogen and oxygen atoms in total. The van der Waals surface area contributed by atoms with Crippen molar-refractivity contribution in [1.29, 1.82) is 0 Å². The maximum absolute atomic E-state index is 13.6. The Morgan fingerprint density at radius 3 is 2.16 bits per heavy atom. The number of aryl methyl sites for hydroxylation is 2. The normalized spacial score (nSPS) is 20.0. The summed E-state index contributed by atoms with van der Waals surface area (Å²) >= 11 is 0. The summed E-state index contributed by atoms with van der Waals surface area (Å²) in [6.07, 6.45) is -9.68. The average molecular weight is 610 g/mol. The number of benzene rings is 2. The molecule has 0 bridgehead atoms. The van der Waals surface area contributed by atoms with Crippen LogP contribution in [0.5, 0.6) is 0 Å². The van der Waals surface area contributed by atoms with E-state index in [0.717, 1.165) is 23.2 Å². The molecule has 2 heterocycles. The van der Waals surface area contributed by atoms with Crippen molar-refractivity contribution in [1.82, 2.24) is 14.7 Å². The smallest absolute Gasteiger partial charge is 0.378 e. The highest BCUT2D eigenvalue weighted by Crippen LogP contribution is 2.37. The molecule has 1 amide bonds. The largest absolute Gasteiger partial charge is 0.416 e. The van der Waals surface area contributed by atoms with E-state index in [2.05, 4.69) is 35.5 Å². The number of morpholine rings is 1. The molecule has 2 aliphatic rings. The average Bonchev–Trinajstić information content (AvgIpc) is 2.92. The van der Waals surface area contributed by atoms with E-state index in [4.69, 9.17) is 4.74 Å². The van der Waals surface area contributed by atoms with Gasteiger partial charge in [-0.2, -0.15) is 26.3 Å². The van der Waals surface area contributed by atoms with E-state index < -0.39 is 41.0 Å². The van der Waals surface area contributed by atoms with Gasteiger partial charge in [-0.25, -0.2) is 0 Å². The first-order chi connectivity index (χ1) is 20.0. The minimum absolute atomic E-state index is 0.0397. The van der Waals surface area contributed by atoms with E-state index >= 15 is 0 Å². The van der Waals surface area contributed by atoms with Crippen LogP contribution in [0.1, 0.15) is 52.0 Å². The first kappa shape index (κ1) is 32.8. The second-order valence-electron chi connectivity index (χ2n) is 11.9. The Balaban J connectivity index is 1.56. The fourth-order valence-corrected chi connectivity index (χ4v) is 5.45. The van der Waals surface area contributed by atoms with Gasteiger partial charge in [-0.3, -0.25) is 14.6 Å². The molecule has 2 aliphatic heterocycles. The molecule has 11 heteroatoms. The van der Waals surface area contributed by atoms with E-state index in [1.54, 1.807) is 0 Å². The van der Waals surface area contributed by atoms with Crippen LogP contribution in [0, 0.1) is 25.7 Å². The summed E-state index contributed by atoms with van der Waals surface area (Å²) in [7, 11) is 0. The van der Waals surface area contributed by atoms with Crippen LogP contribution in [-0.4, -0.2) is 84.7 Å². The highest BCUT2D eigenvalue weighted by atomic mass is 19.4. The van der Waals surface area contributed by atoms with Crippen LogP contribution in [0.2, 0.25) is 0 Å². The van der Waals surface area contributed by atoms with E-state index in [1.807, 2.05) is 32.0 Å². The van der Waals surface area contributed by atoms with Crippen molar-refractivity contribution in [3.05, 3.63) is 69.8 Å². The lowest BCUT2D eigenvalue weighted by Gasteiger charge is -2.41. The van der Waals surface area contributed by atoms with Gasteiger partial charge in [0.15, 0.2) is 0 Å². The standard InChI is InChI=1S/C32H37F6N3O2/c1-22-7-8-24(15-23(22)2)16-28-20-39(9-5-6-10-40-13-14-43-21-30(40,3)4)11-12-41(28)29(42)25-17-26(31(33,34)35)19-27(18-25)32(36,37)38/h7-8,15,17-19,28H,9-14,16,20-21H2,1-4H3/t28-/m1/s1. The van der Waals surface area contributed by atoms with Gasteiger partial charge in [0, 0.05) is 43.3 Å². The van der Waals surface area contributed by atoms with Crippen LogP contribution in [0.3, 0.4) is 0 Å². The number of carbonyl (C=O) groups excluding carboxylic acids is 1. The van der Waals surface area contributed by atoms with E-state index in [0.29, 0.717) is 57.9 Å². The molecule has 0 aromatic heterocycles. The maximum Gasteiger partial charge on any atom is 0.416 e. The molecular weight excluding hydrogens is 572 g/mol. The third-order valence-electron chi connectivity index (χ3n) is 8.22. The van der Waals surface area contributed by atoms with Gasteiger partial charge in [0.2, 0.25) is 0 Å². The lowest BCUT2D eigenvalue weighted by Crippen LogP contribution is -2.56. The van der Waals surface area contributed by atoms with E-state index in [-0.39, 0.29) is 18.2 Å². The van der Waals surface area contributed by atoms with Gasteiger partial charge in [-0.1, -0.05) is 30.0 Å².